The molecule has 0 radical (unpaired) electrons. The quantitative estimate of drug-likeness (QED) is 0.360. The van der Waals surface area contributed by atoms with E-state index < -0.39 is 11.9 Å². The van der Waals surface area contributed by atoms with E-state index in [1.807, 2.05) is 6.92 Å². The molecular formula is C24H24ClFN8O3. The Kier molecular flexibility index (Phi) is 7.21. The maximum absolute atomic E-state index is 15.4. The molecule has 3 aromatic heterocycles. The number of anilines is 2. The van der Waals surface area contributed by atoms with Crippen LogP contribution in [0.25, 0.3) is 22.6 Å². The number of nitrogens with one attached hydrogen (secondary N) is 1. The smallest absolute Gasteiger partial charge is 0.271 e. The van der Waals surface area contributed by atoms with Crippen molar-refractivity contribution in [3.05, 3.63) is 58.6 Å². The van der Waals surface area contributed by atoms with Crippen LogP contribution in [-0.4, -0.2) is 57.1 Å². The van der Waals surface area contributed by atoms with Crippen LogP contribution in [0, 0.1) is 12.7 Å². The number of carbonyl (C=O) groups is 1. The number of methoxy groups -OCH3 is 1. The number of nitrogens with zero attached hydrogens (tertiary/aromatic N) is 6. The highest BCUT2D eigenvalue weighted by molar-refractivity contribution is 6.31. The molecule has 0 saturated carbocycles. The molecule has 37 heavy (non-hydrogen) atoms. The van der Waals surface area contributed by atoms with Crippen molar-refractivity contribution in [3.8, 4) is 28.3 Å². The van der Waals surface area contributed by atoms with Crippen LogP contribution in [0.3, 0.4) is 0 Å². The van der Waals surface area contributed by atoms with Crippen LogP contribution >= 0.6 is 11.6 Å². The molecule has 13 heteroatoms. The Labute approximate surface area is 216 Å². The molecule has 11 nitrogen and oxygen atoms in total. The second kappa shape index (κ2) is 10.3. The molecule has 4 rings (SSSR count). The molecular weight excluding hydrogens is 503 g/mol. The number of carbonyl (C=O) groups excluding carboxylic acids is 1. The Morgan fingerprint density at radius 2 is 2.00 bits per heavy atom. The van der Waals surface area contributed by atoms with Gasteiger partial charge in [-0.25, -0.2) is 14.4 Å². The normalized spacial score (nSPS) is 11.8. The van der Waals surface area contributed by atoms with Crippen LogP contribution in [0.2, 0.25) is 5.02 Å². The van der Waals surface area contributed by atoms with Gasteiger partial charge in [0.05, 0.1) is 23.7 Å². The Balaban J connectivity index is 1.81. The highest BCUT2D eigenvalue weighted by Gasteiger charge is 2.26. The standard InChI is InChI=1S/C24H24ClFN8O3/c1-11(31-22-18(21(27)29-10-30-22)23-32-12(2)33-37-23)14-9-15(25)19(26)17(20(14)36-5)13-6-7-28-16(8-13)24(35)34(3)4/h6-11H,1-5H3,(H3,27,29,30,31)/t11-/m0/s1. The van der Waals surface area contributed by atoms with E-state index in [0.717, 1.165) is 0 Å². The molecule has 1 aromatic carbocycles. The van der Waals surface area contributed by atoms with E-state index in [-0.39, 0.29) is 39.6 Å². The minimum absolute atomic E-state index is 0.0869. The number of rotatable bonds is 7. The summed E-state index contributed by atoms with van der Waals surface area (Å²) in [7, 11) is 4.63. The van der Waals surface area contributed by atoms with Crippen LogP contribution < -0.4 is 15.8 Å². The molecule has 0 aliphatic carbocycles. The molecule has 3 N–H and O–H groups in total. The average Bonchev–Trinajstić information content (AvgIpc) is 3.30. The first-order valence-electron chi connectivity index (χ1n) is 11.0. The maximum Gasteiger partial charge on any atom is 0.271 e. The van der Waals surface area contributed by atoms with Gasteiger partial charge in [-0.1, -0.05) is 16.8 Å². The molecule has 0 saturated heterocycles. The summed E-state index contributed by atoms with van der Waals surface area (Å²) in [5, 5.41) is 6.89. The molecule has 0 bridgehead atoms. The highest BCUT2D eigenvalue weighted by atomic mass is 35.5. The molecule has 0 aliphatic heterocycles. The van der Waals surface area contributed by atoms with E-state index in [0.29, 0.717) is 28.3 Å². The van der Waals surface area contributed by atoms with Gasteiger partial charge in [0.1, 0.15) is 35.0 Å². The Morgan fingerprint density at radius 1 is 1.24 bits per heavy atom. The number of halogens is 2. The largest absolute Gasteiger partial charge is 0.496 e. The molecule has 1 atom stereocenters. The van der Waals surface area contributed by atoms with Gasteiger partial charge in [0.2, 0.25) is 0 Å². The van der Waals surface area contributed by atoms with Crippen LogP contribution in [0.4, 0.5) is 16.0 Å². The number of ether oxygens (including phenoxy) is 1. The number of aromatic nitrogens is 5. The lowest BCUT2D eigenvalue weighted by Gasteiger charge is -2.22. The zero-order valence-corrected chi connectivity index (χ0v) is 21.5. The number of aryl methyl sites for hydroxylation is 1. The predicted octanol–water partition coefficient (Wildman–Crippen LogP) is 4.16. The van der Waals surface area contributed by atoms with Gasteiger partial charge < -0.3 is 25.2 Å². The molecule has 4 aromatic rings. The molecule has 1 amide bonds. The van der Waals surface area contributed by atoms with E-state index in [2.05, 4.69) is 30.4 Å². The van der Waals surface area contributed by atoms with Crippen molar-refractivity contribution < 1.29 is 18.4 Å². The van der Waals surface area contributed by atoms with Crippen LogP contribution in [-0.2, 0) is 0 Å². The van der Waals surface area contributed by atoms with Crippen molar-refractivity contribution in [3.63, 3.8) is 0 Å². The summed E-state index contributed by atoms with van der Waals surface area (Å²) in [6.07, 6.45) is 2.72. The number of nitrogens with two attached hydrogens (primary N) is 1. The van der Waals surface area contributed by atoms with E-state index in [1.165, 1.54) is 36.7 Å². The van der Waals surface area contributed by atoms with Gasteiger partial charge >= 0.3 is 0 Å². The molecule has 0 spiro atoms. The first-order chi connectivity index (χ1) is 17.6. The van der Waals surface area contributed by atoms with Crippen molar-refractivity contribution in [2.24, 2.45) is 0 Å². The fraction of sp³-hybridized carbons (Fsp3) is 0.250. The van der Waals surface area contributed by atoms with Crippen molar-refractivity contribution in [1.82, 2.24) is 30.0 Å². The predicted molar refractivity (Wildman–Crippen MR) is 136 cm³/mol. The van der Waals surface area contributed by atoms with E-state index in [1.54, 1.807) is 27.1 Å². The molecule has 3 heterocycles. The summed E-state index contributed by atoms with van der Waals surface area (Å²) in [4.78, 5) is 30.5. The number of nitrogen functional groups attached to an aromatic ring is 1. The Morgan fingerprint density at radius 3 is 2.65 bits per heavy atom. The summed E-state index contributed by atoms with van der Waals surface area (Å²) in [5.74, 6) is 0.196. The zero-order chi connectivity index (χ0) is 26.9. The maximum atomic E-state index is 15.4. The third-order valence-electron chi connectivity index (χ3n) is 5.52. The fourth-order valence-corrected chi connectivity index (χ4v) is 3.97. The van der Waals surface area contributed by atoms with Crippen molar-refractivity contribution in [2.75, 3.05) is 32.3 Å². The van der Waals surface area contributed by atoms with Crippen molar-refractivity contribution in [2.45, 2.75) is 19.9 Å². The van der Waals surface area contributed by atoms with E-state index in [4.69, 9.17) is 26.6 Å². The second-order valence-corrected chi connectivity index (χ2v) is 8.70. The second-order valence-electron chi connectivity index (χ2n) is 8.29. The Bertz CT molecular complexity index is 1480. The van der Waals surface area contributed by atoms with Gasteiger partial charge in [-0.05, 0) is 37.6 Å². The van der Waals surface area contributed by atoms with Crippen molar-refractivity contribution in [1.29, 1.82) is 0 Å². The van der Waals surface area contributed by atoms with Crippen molar-refractivity contribution >= 4 is 29.1 Å². The fourth-order valence-electron chi connectivity index (χ4n) is 3.76. The summed E-state index contributed by atoms with van der Waals surface area (Å²) in [5.41, 5.74) is 7.53. The van der Waals surface area contributed by atoms with E-state index in [9.17, 15) is 4.79 Å². The monoisotopic (exact) mass is 526 g/mol. The third kappa shape index (κ3) is 5.00. The number of hydrogen-bond donors (Lipinski definition) is 2. The van der Waals surface area contributed by atoms with Crippen LogP contribution in [0.5, 0.6) is 5.75 Å². The van der Waals surface area contributed by atoms with Gasteiger partial charge in [0.15, 0.2) is 11.6 Å². The first kappa shape index (κ1) is 25.8. The average molecular weight is 527 g/mol. The third-order valence-corrected chi connectivity index (χ3v) is 5.79. The lowest BCUT2D eigenvalue weighted by Crippen LogP contribution is -2.22. The van der Waals surface area contributed by atoms with Crippen LogP contribution in [0.15, 0.2) is 35.2 Å². The van der Waals surface area contributed by atoms with Gasteiger partial charge in [-0.15, -0.1) is 0 Å². The van der Waals surface area contributed by atoms with Gasteiger partial charge in [-0.3, -0.25) is 9.78 Å². The topological polar surface area (TPSA) is 145 Å². The lowest BCUT2D eigenvalue weighted by molar-refractivity contribution is 0.0822. The molecule has 0 unspecified atom stereocenters. The first-order valence-corrected chi connectivity index (χ1v) is 11.4. The molecule has 192 valence electrons. The number of hydrogen-bond acceptors (Lipinski definition) is 10. The van der Waals surface area contributed by atoms with Gasteiger partial charge in [0, 0.05) is 25.9 Å². The summed E-state index contributed by atoms with van der Waals surface area (Å²) >= 11 is 6.32. The SMILES string of the molecule is COc1c([C@H](C)Nc2ncnc(N)c2-c2nc(C)no2)cc(Cl)c(F)c1-c1ccnc(C(=O)N(C)C)c1. The van der Waals surface area contributed by atoms with Crippen LogP contribution in [0.1, 0.15) is 34.8 Å². The van der Waals surface area contributed by atoms with Gasteiger partial charge in [-0.2, -0.15) is 4.98 Å². The highest BCUT2D eigenvalue weighted by Crippen LogP contribution is 2.43. The summed E-state index contributed by atoms with van der Waals surface area (Å²) in [6.45, 7) is 3.48. The Hall–Kier alpha value is -4.32. The lowest BCUT2D eigenvalue weighted by atomic mass is 9.97. The summed E-state index contributed by atoms with van der Waals surface area (Å²) in [6, 6.07) is 4.01. The minimum atomic E-state index is -0.697. The molecule has 0 aliphatic rings. The van der Waals surface area contributed by atoms with Gasteiger partial charge in [0.25, 0.3) is 11.8 Å². The summed E-state index contributed by atoms with van der Waals surface area (Å²) < 4.78 is 26.4. The molecule has 0 fully saturated rings. The minimum Gasteiger partial charge on any atom is -0.496 e. The van der Waals surface area contributed by atoms with E-state index >= 15 is 4.39 Å². The number of amides is 1. The zero-order valence-electron chi connectivity index (χ0n) is 20.7. The number of benzene rings is 1. The number of pyridine rings is 1.